The lowest BCUT2D eigenvalue weighted by atomic mass is 10.1. The summed E-state index contributed by atoms with van der Waals surface area (Å²) < 4.78 is 8.85. The average molecular weight is 323 g/mol. The van der Waals surface area contributed by atoms with E-state index in [1.54, 1.807) is 0 Å². The van der Waals surface area contributed by atoms with Gasteiger partial charge in [-0.15, -0.1) is 5.10 Å². The third-order valence-corrected chi connectivity index (χ3v) is 3.59. The molecule has 0 fully saturated rings. The highest BCUT2D eigenvalue weighted by molar-refractivity contribution is 9.10. The Balaban J connectivity index is 1.66. The number of benzene rings is 1. The largest absolute Gasteiger partial charge is 0.488 e. The molecule has 1 aliphatic heterocycles. The van der Waals surface area contributed by atoms with Gasteiger partial charge in [0.15, 0.2) is 0 Å². The van der Waals surface area contributed by atoms with Crippen LogP contribution >= 0.6 is 15.9 Å². The van der Waals surface area contributed by atoms with Gasteiger partial charge in [-0.1, -0.05) is 21.1 Å². The van der Waals surface area contributed by atoms with Gasteiger partial charge in [0.1, 0.15) is 11.9 Å². The molecule has 1 aliphatic rings. The minimum Gasteiger partial charge on any atom is -0.488 e. The molecule has 0 spiro atoms. The molecule has 19 heavy (non-hydrogen) atoms. The summed E-state index contributed by atoms with van der Waals surface area (Å²) in [7, 11) is 1.90. The first-order chi connectivity index (χ1) is 9.24. The molecule has 0 radical (unpaired) electrons. The van der Waals surface area contributed by atoms with Crippen LogP contribution in [0.5, 0.6) is 5.75 Å². The lowest BCUT2D eigenvalue weighted by Crippen LogP contribution is -2.21. The van der Waals surface area contributed by atoms with Gasteiger partial charge >= 0.3 is 0 Å². The Labute approximate surface area is 120 Å². The summed E-state index contributed by atoms with van der Waals surface area (Å²) in [6.45, 7) is 1.46. The van der Waals surface area contributed by atoms with Crippen LogP contribution in [-0.2, 0) is 19.5 Å². The summed E-state index contributed by atoms with van der Waals surface area (Å²) in [4.78, 5) is 0. The molecule has 1 unspecified atom stereocenters. The maximum absolute atomic E-state index is 5.91. The molecule has 1 aromatic carbocycles. The van der Waals surface area contributed by atoms with E-state index in [4.69, 9.17) is 4.74 Å². The molecule has 6 heteroatoms. The van der Waals surface area contributed by atoms with Crippen molar-refractivity contribution in [1.82, 2.24) is 20.3 Å². The van der Waals surface area contributed by atoms with Crippen molar-refractivity contribution in [2.75, 3.05) is 7.05 Å². The van der Waals surface area contributed by atoms with Crippen LogP contribution in [0.2, 0.25) is 0 Å². The third kappa shape index (κ3) is 2.79. The summed E-state index contributed by atoms with van der Waals surface area (Å²) >= 11 is 3.48. The minimum atomic E-state index is 0.133. The summed E-state index contributed by atoms with van der Waals surface area (Å²) in [5.41, 5.74) is 2.19. The van der Waals surface area contributed by atoms with E-state index in [-0.39, 0.29) is 6.10 Å². The highest BCUT2D eigenvalue weighted by Gasteiger charge is 2.23. The van der Waals surface area contributed by atoms with Crippen LogP contribution in [0.15, 0.2) is 28.9 Å². The van der Waals surface area contributed by atoms with Crippen LogP contribution in [0.25, 0.3) is 0 Å². The predicted molar refractivity (Wildman–Crippen MR) is 75.0 cm³/mol. The molecule has 1 atom stereocenters. The molecule has 0 amide bonds. The van der Waals surface area contributed by atoms with Crippen LogP contribution in [0.1, 0.15) is 11.3 Å². The van der Waals surface area contributed by atoms with Gasteiger partial charge in [-0.3, -0.25) is 0 Å². The second-order valence-corrected chi connectivity index (χ2v) is 5.57. The smallest absolute Gasteiger partial charge is 0.123 e. The number of rotatable bonds is 4. The Bertz CT molecular complexity index is 584. The number of hydrogen-bond acceptors (Lipinski definition) is 4. The van der Waals surface area contributed by atoms with E-state index in [0.29, 0.717) is 0 Å². The first kappa shape index (κ1) is 12.6. The number of nitrogens with zero attached hydrogens (tertiary/aromatic N) is 3. The van der Waals surface area contributed by atoms with E-state index in [1.807, 2.05) is 30.1 Å². The Kier molecular flexibility index (Phi) is 3.52. The topological polar surface area (TPSA) is 52.0 Å². The summed E-state index contributed by atoms with van der Waals surface area (Å²) in [6.07, 6.45) is 3.00. The lowest BCUT2D eigenvalue weighted by molar-refractivity contribution is 0.202. The van der Waals surface area contributed by atoms with Crippen molar-refractivity contribution >= 4 is 15.9 Å². The first-order valence-electron chi connectivity index (χ1n) is 6.23. The number of nitrogens with one attached hydrogen (secondary N) is 1. The minimum absolute atomic E-state index is 0.133. The Morgan fingerprint density at radius 2 is 2.42 bits per heavy atom. The average Bonchev–Trinajstić information content (AvgIpc) is 2.96. The zero-order chi connectivity index (χ0) is 13.2. The van der Waals surface area contributed by atoms with Crippen molar-refractivity contribution < 1.29 is 4.74 Å². The molecule has 0 saturated carbocycles. The summed E-state index contributed by atoms with van der Waals surface area (Å²) in [5.74, 6) is 0.976. The SMILES string of the molecule is CNCc1cn(CC2Cc3cc(Br)ccc3O2)nn1. The van der Waals surface area contributed by atoms with Gasteiger partial charge in [-0.2, -0.15) is 0 Å². The van der Waals surface area contributed by atoms with Crippen LogP contribution in [0.3, 0.4) is 0 Å². The normalized spacial score (nSPS) is 17.3. The van der Waals surface area contributed by atoms with E-state index in [2.05, 4.69) is 37.6 Å². The molecular formula is C13H15BrN4O. The summed E-state index contributed by atoms with van der Waals surface area (Å²) in [6, 6.07) is 6.12. The molecule has 1 aromatic heterocycles. The van der Waals surface area contributed by atoms with E-state index in [0.717, 1.165) is 35.4 Å². The second kappa shape index (κ2) is 5.30. The quantitative estimate of drug-likeness (QED) is 0.932. The second-order valence-electron chi connectivity index (χ2n) is 4.66. The Morgan fingerprint density at radius 1 is 1.53 bits per heavy atom. The molecule has 0 aliphatic carbocycles. The fourth-order valence-electron chi connectivity index (χ4n) is 2.29. The number of ether oxygens (including phenoxy) is 1. The standard InChI is InChI=1S/C13H15BrN4O/c1-15-6-11-7-18(17-16-11)8-12-5-9-4-10(14)2-3-13(9)19-12/h2-4,7,12,15H,5-6,8H2,1H3. The van der Waals surface area contributed by atoms with Gasteiger partial charge in [-0.25, -0.2) is 4.68 Å². The monoisotopic (exact) mass is 322 g/mol. The Morgan fingerprint density at radius 3 is 3.26 bits per heavy atom. The van der Waals surface area contributed by atoms with E-state index >= 15 is 0 Å². The molecule has 5 nitrogen and oxygen atoms in total. The van der Waals surface area contributed by atoms with Crippen LogP contribution in [0, 0.1) is 0 Å². The lowest BCUT2D eigenvalue weighted by Gasteiger charge is -2.09. The maximum Gasteiger partial charge on any atom is 0.123 e. The van der Waals surface area contributed by atoms with Gasteiger partial charge in [0.2, 0.25) is 0 Å². The highest BCUT2D eigenvalue weighted by Crippen LogP contribution is 2.31. The highest BCUT2D eigenvalue weighted by atomic mass is 79.9. The molecule has 100 valence electrons. The van der Waals surface area contributed by atoms with Crippen molar-refractivity contribution in [2.45, 2.75) is 25.6 Å². The van der Waals surface area contributed by atoms with Crippen molar-refractivity contribution in [3.63, 3.8) is 0 Å². The van der Waals surface area contributed by atoms with Gasteiger partial charge in [-0.05, 0) is 30.8 Å². The fourth-order valence-corrected chi connectivity index (χ4v) is 2.70. The van der Waals surface area contributed by atoms with Crippen molar-refractivity contribution in [3.05, 3.63) is 40.1 Å². The number of aromatic nitrogens is 3. The first-order valence-corrected chi connectivity index (χ1v) is 7.02. The molecule has 0 saturated heterocycles. The van der Waals surface area contributed by atoms with E-state index < -0.39 is 0 Å². The molecular weight excluding hydrogens is 308 g/mol. The van der Waals surface area contributed by atoms with Crippen molar-refractivity contribution in [2.24, 2.45) is 0 Å². The van der Waals surface area contributed by atoms with Crippen molar-refractivity contribution in [3.8, 4) is 5.75 Å². The zero-order valence-corrected chi connectivity index (χ0v) is 12.2. The number of hydrogen-bond donors (Lipinski definition) is 1. The Hall–Kier alpha value is -1.40. The fraction of sp³-hybridized carbons (Fsp3) is 0.385. The van der Waals surface area contributed by atoms with Crippen LogP contribution in [-0.4, -0.2) is 28.1 Å². The summed E-state index contributed by atoms with van der Waals surface area (Å²) in [5, 5.41) is 11.3. The molecule has 2 aromatic rings. The van der Waals surface area contributed by atoms with Crippen LogP contribution < -0.4 is 10.1 Å². The zero-order valence-electron chi connectivity index (χ0n) is 10.6. The third-order valence-electron chi connectivity index (χ3n) is 3.10. The maximum atomic E-state index is 5.91. The van der Waals surface area contributed by atoms with Gasteiger partial charge in [0, 0.05) is 23.6 Å². The number of halogens is 1. The van der Waals surface area contributed by atoms with Gasteiger partial charge < -0.3 is 10.1 Å². The molecule has 1 N–H and O–H groups in total. The van der Waals surface area contributed by atoms with E-state index in [1.165, 1.54) is 5.56 Å². The predicted octanol–water partition coefficient (Wildman–Crippen LogP) is 1.76. The van der Waals surface area contributed by atoms with Gasteiger partial charge in [0.25, 0.3) is 0 Å². The van der Waals surface area contributed by atoms with Crippen molar-refractivity contribution in [1.29, 1.82) is 0 Å². The van der Waals surface area contributed by atoms with E-state index in [9.17, 15) is 0 Å². The molecule has 0 bridgehead atoms. The molecule has 3 rings (SSSR count). The van der Waals surface area contributed by atoms with Crippen LogP contribution in [0.4, 0.5) is 0 Å². The number of fused-ring (bicyclic) bond motifs is 1. The van der Waals surface area contributed by atoms with Gasteiger partial charge in [0.05, 0.1) is 12.2 Å². The molecule has 2 heterocycles.